The summed E-state index contributed by atoms with van der Waals surface area (Å²) < 4.78 is 3.08. The molecule has 12 heteroatoms. The maximum atomic E-state index is 3.69. The number of allylic oxidation sites excluding steroid dienone is 8. The number of hydrogen-bond donors (Lipinski definition) is 0. The van der Waals surface area contributed by atoms with Gasteiger partial charge in [-0.3, -0.25) is 0 Å². The van der Waals surface area contributed by atoms with E-state index in [0.717, 1.165) is 24.2 Å². The van der Waals surface area contributed by atoms with E-state index in [1.165, 1.54) is 0 Å². The van der Waals surface area contributed by atoms with Crippen molar-refractivity contribution >= 4 is 11.4 Å². The molecular weight excluding hydrogens is 510 g/mol. The molecule has 0 saturated heterocycles. The minimum atomic E-state index is 0. The molecule has 2 aromatic heterocycles. The fraction of sp³-hybridized carbons (Fsp3) is 0.167. The van der Waals surface area contributed by atoms with Crippen molar-refractivity contribution in [1.29, 1.82) is 0 Å². The first-order valence-electron chi connectivity index (χ1n) is 5.98. The molecule has 2 heterocycles. The summed E-state index contributed by atoms with van der Waals surface area (Å²) >= 11 is 0. The van der Waals surface area contributed by atoms with Gasteiger partial charge in [0.25, 0.3) is 0 Å². The molecule has 0 N–H and O–H groups in total. The minimum Gasteiger partial charge on any atom is -1.00 e. The van der Waals surface area contributed by atoms with E-state index in [1.807, 2.05) is 36.5 Å². The van der Waals surface area contributed by atoms with Crippen molar-refractivity contribution in [3.8, 4) is 0 Å². The van der Waals surface area contributed by atoms with Crippen molar-refractivity contribution in [3.05, 3.63) is 49.1 Å². The molecule has 0 spiro atoms. The van der Waals surface area contributed by atoms with E-state index >= 15 is 0 Å². The molecule has 0 fully saturated rings. The van der Waals surface area contributed by atoms with Crippen LogP contribution in [0.4, 0.5) is 0 Å². The van der Waals surface area contributed by atoms with Gasteiger partial charge in [-0.15, -0.1) is 23.5 Å². The van der Waals surface area contributed by atoms with Gasteiger partial charge in [-0.2, -0.15) is 0 Å². The fourth-order valence-corrected chi connectivity index (χ4v) is 1.71. The van der Waals surface area contributed by atoms with E-state index in [4.69, 9.17) is 0 Å². The summed E-state index contributed by atoms with van der Waals surface area (Å²) in [4.78, 5) is 0. The predicted molar refractivity (Wildman–Crippen MR) is 69.4 cm³/mol. The average molecular weight is 520 g/mol. The summed E-state index contributed by atoms with van der Waals surface area (Å²) in [6.45, 7) is 0. The Bertz CT molecular complexity index is 620. The number of aromatic nitrogens is 8. The Labute approximate surface area is 189 Å². The summed E-state index contributed by atoms with van der Waals surface area (Å²) in [7, 11) is 0. The Hall–Kier alpha value is -0.554. The smallest absolute Gasteiger partial charge is 1.00 e. The third-order valence-corrected chi connectivity index (χ3v) is 2.67. The summed E-state index contributed by atoms with van der Waals surface area (Å²) in [6.07, 6.45) is 19.0. The van der Waals surface area contributed by atoms with Crippen LogP contribution in [0.1, 0.15) is 12.8 Å². The van der Waals surface area contributed by atoms with Gasteiger partial charge < -0.3 is 34.2 Å². The van der Waals surface area contributed by atoms with E-state index < -0.39 is 0 Å². The van der Waals surface area contributed by atoms with Crippen LogP contribution >= 0.6 is 0 Å². The van der Waals surface area contributed by atoms with Gasteiger partial charge in [-0.25, -0.2) is 10.2 Å². The molecule has 2 aromatic rings. The van der Waals surface area contributed by atoms with E-state index in [-0.39, 0.29) is 77.2 Å². The number of nitrogens with zero attached hydrogens (tertiary/aromatic N) is 8. The molecule has 0 amide bonds. The molecule has 0 radical (unpaired) electrons. The van der Waals surface area contributed by atoms with Crippen molar-refractivity contribution in [1.82, 2.24) is 40.4 Å². The first-order valence-corrected chi connectivity index (χ1v) is 5.98. The molecule has 24 heavy (non-hydrogen) atoms. The van der Waals surface area contributed by atoms with Crippen molar-refractivity contribution < 1.29 is 77.2 Å². The normalized spacial score (nSPS) is 13.2. The van der Waals surface area contributed by atoms with Gasteiger partial charge in [0.15, 0.2) is 0 Å². The molecule has 0 saturated carbocycles. The Morgan fingerprint density at radius 1 is 0.750 bits per heavy atom. The molecule has 0 bridgehead atoms. The van der Waals surface area contributed by atoms with Crippen LogP contribution in [0.5, 0.6) is 0 Å². The van der Waals surface area contributed by atoms with Crippen LogP contribution in [-0.4, -0.2) is 40.4 Å². The third-order valence-electron chi connectivity index (χ3n) is 2.67. The number of halogens is 2. The fourth-order valence-electron chi connectivity index (χ4n) is 1.71. The average Bonchev–Trinajstić information content (AvgIpc) is 3.29. The second-order valence-corrected chi connectivity index (χ2v) is 3.96. The molecule has 0 aromatic carbocycles. The van der Waals surface area contributed by atoms with E-state index in [1.54, 1.807) is 9.36 Å². The number of rotatable bonds is 2. The Kier molecular flexibility index (Phi) is 14.7. The van der Waals surface area contributed by atoms with Gasteiger partial charge in [0.05, 0.1) is 0 Å². The SMILES string of the molecule is [Cl-].[Cl-].[Zr+2].[Zr+2].[c-]1nnnn1C1=CC=CC1.[c-]1nnnn1C1=CC=CC1. The van der Waals surface area contributed by atoms with Gasteiger partial charge in [0, 0.05) is 0 Å². The first-order chi connectivity index (χ1) is 9.93. The predicted octanol–water partition coefficient (Wildman–Crippen LogP) is -5.45. The monoisotopic (exact) mass is 516 g/mol. The van der Waals surface area contributed by atoms with Crippen molar-refractivity contribution in [2.75, 3.05) is 0 Å². The Morgan fingerprint density at radius 3 is 1.42 bits per heavy atom. The third kappa shape index (κ3) is 7.14. The van der Waals surface area contributed by atoms with Gasteiger partial charge in [0.2, 0.25) is 0 Å². The molecule has 8 nitrogen and oxygen atoms in total. The quantitative estimate of drug-likeness (QED) is 0.368. The summed E-state index contributed by atoms with van der Waals surface area (Å²) in [5.41, 5.74) is 2.12. The van der Waals surface area contributed by atoms with Crippen LogP contribution in [0, 0.1) is 12.7 Å². The summed E-state index contributed by atoms with van der Waals surface area (Å²) in [5.74, 6) is 0. The second-order valence-electron chi connectivity index (χ2n) is 3.96. The second kappa shape index (κ2) is 13.7. The molecular formula is C12H10Cl2N8Zr2. The first kappa shape index (κ1) is 25.7. The van der Waals surface area contributed by atoms with E-state index in [0.29, 0.717) is 0 Å². The van der Waals surface area contributed by atoms with Gasteiger partial charge >= 0.3 is 52.4 Å². The van der Waals surface area contributed by atoms with E-state index in [2.05, 4.69) is 43.7 Å². The maximum Gasteiger partial charge on any atom is 2.00 e. The Balaban J connectivity index is 0. The van der Waals surface area contributed by atoms with E-state index in [9.17, 15) is 0 Å². The zero-order chi connectivity index (χ0) is 13.6. The number of hydrogen-bond acceptors (Lipinski definition) is 6. The zero-order valence-corrected chi connectivity index (χ0v) is 18.6. The molecule has 2 aliphatic carbocycles. The van der Waals surface area contributed by atoms with Crippen molar-refractivity contribution in [2.24, 2.45) is 0 Å². The number of tetrazole rings is 2. The minimum absolute atomic E-state index is 0. The largest absolute Gasteiger partial charge is 2.00 e. The molecule has 0 aliphatic heterocycles. The topological polar surface area (TPSA) is 87.2 Å². The van der Waals surface area contributed by atoms with Crippen LogP contribution in [0.15, 0.2) is 36.5 Å². The standard InChI is InChI=1S/2C6H5N4.2ClH.2Zr/c2*1-2-4-6(3-1)10-5-7-8-9-10;;;;/h2*1-3H,4H2;2*1H;;/q2*-1;;;2*+2/p-2. The molecule has 0 unspecified atom stereocenters. The molecule has 120 valence electrons. The molecule has 2 aliphatic rings. The van der Waals surface area contributed by atoms with Crippen molar-refractivity contribution in [3.63, 3.8) is 0 Å². The Morgan fingerprint density at radius 2 is 1.17 bits per heavy atom. The van der Waals surface area contributed by atoms with Gasteiger partial charge in [0.1, 0.15) is 0 Å². The van der Waals surface area contributed by atoms with Crippen LogP contribution in [0.3, 0.4) is 0 Å². The van der Waals surface area contributed by atoms with Gasteiger partial charge in [-0.05, 0) is 23.1 Å². The van der Waals surface area contributed by atoms with Crippen LogP contribution in [-0.2, 0) is 52.4 Å². The van der Waals surface area contributed by atoms with Crippen LogP contribution in [0.25, 0.3) is 11.4 Å². The van der Waals surface area contributed by atoms with Crippen molar-refractivity contribution in [2.45, 2.75) is 12.8 Å². The van der Waals surface area contributed by atoms with Crippen LogP contribution < -0.4 is 24.8 Å². The van der Waals surface area contributed by atoms with Crippen LogP contribution in [0.2, 0.25) is 0 Å². The summed E-state index contributed by atoms with van der Waals surface area (Å²) in [6, 6.07) is 0. The molecule has 4 rings (SSSR count). The maximum absolute atomic E-state index is 3.69. The zero-order valence-electron chi connectivity index (χ0n) is 12.2. The van der Waals surface area contributed by atoms with Gasteiger partial charge in [-0.1, -0.05) is 47.6 Å². The molecule has 0 atom stereocenters. The summed E-state index contributed by atoms with van der Waals surface area (Å²) in [5, 5.41) is 21.1.